The number of ether oxygens (including phenoxy) is 2. The van der Waals surface area contributed by atoms with Crippen molar-refractivity contribution in [3.05, 3.63) is 53.8 Å². The van der Waals surface area contributed by atoms with Crippen molar-refractivity contribution in [3.63, 3.8) is 0 Å². The number of halogens is 1. The van der Waals surface area contributed by atoms with Crippen LogP contribution in [0, 0.1) is 5.82 Å². The van der Waals surface area contributed by atoms with E-state index in [4.69, 9.17) is 29.3 Å². The first kappa shape index (κ1) is 23.0. The SMILES string of the molecule is COc1cccc(CN2CCN(c3ccccc3F)CC2)c1OC.O=C(O)C(=O)O. The number of methoxy groups -OCH3 is 2. The number of para-hydroxylation sites is 2. The van der Waals surface area contributed by atoms with Gasteiger partial charge in [-0.15, -0.1) is 0 Å². The topological polar surface area (TPSA) is 99.5 Å². The summed E-state index contributed by atoms with van der Waals surface area (Å²) in [5.74, 6) is -2.26. The molecule has 0 unspecified atom stereocenters. The zero-order valence-electron chi connectivity index (χ0n) is 16.9. The molecule has 162 valence electrons. The maximum atomic E-state index is 13.9. The highest BCUT2D eigenvalue weighted by Gasteiger charge is 2.21. The standard InChI is InChI=1S/C19H23FN2O2.C2H2O4/c1-23-18-9-5-6-15(19(18)24-2)14-21-10-12-22(13-11-21)17-8-4-3-7-16(17)20;3-1(4)2(5)6/h3-9H,10-14H2,1-2H3;(H,3,4)(H,5,6). The van der Waals surface area contributed by atoms with Crippen LogP contribution in [0.2, 0.25) is 0 Å². The van der Waals surface area contributed by atoms with Crippen LogP contribution in [0.5, 0.6) is 11.5 Å². The zero-order valence-corrected chi connectivity index (χ0v) is 16.9. The van der Waals surface area contributed by atoms with Gasteiger partial charge in [0.15, 0.2) is 11.5 Å². The van der Waals surface area contributed by atoms with Crippen LogP contribution in [0.1, 0.15) is 5.56 Å². The minimum absolute atomic E-state index is 0.152. The molecular weight excluding hydrogens is 395 g/mol. The molecule has 1 aliphatic rings. The molecule has 0 atom stereocenters. The number of carboxylic acids is 2. The van der Waals surface area contributed by atoms with Crippen LogP contribution in [0.4, 0.5) is 10.1 Å². The van der Waals surface area contributed by atoms with Crippen LogP contribution in [-0.2, 0) is 16.1 Å². The van der Waals surface area contributed by atoms with Crippen molar-refractivity contribution in [1.82, 2.24) is 4.90 Å². The summed E-state index contributed by atoms with van der Waals surface area (Å²) in [6, 6.07) is 12.9. The number of rotatable bonds is 5. The molecule has 1 aliphatic heterocycles. The van der Waals surface area contributed by atoms with E-state index in [1.54, 1.807) is 20.3 Å². The van der Waals surface area contributed by atoms with E-state index in [1.165, 1.54) is 6.07 Å². The van der Waals surface area contributed by atoms with Gasteiger partial charge < -0.3 is 24.6 Å². The molecule has 2 N–H and O–H groups in total. The lowest BCUT2D eigenvalue weighted by Gasteiger charge is -2.36. The Kier molecular flexibility index (Phi) is 8.42. The molecule has 1 saturated heterocycles. The summed E-state index contributed by atoms with van der Waals surface area (Å²) in [5.41, 5.74) is 1.80. The maximum absolute atomic E-state index is 13.9. The Morgan fingerprint density at radius 1 is 0.933 bits per heavy atom. The molecule has 1 fully saturated rings. The summed E-state index contributed by atoms with van der Waals surface area (Å²) in [7, 11) is 3.31. The number of nitrogens with zero attached hydrogens (tertiary/aromatic N) is 2. The van der Waals surface area contributed by atoms with Gasteiger partial charge in [0, 0.05) is 38.3 Å². The highest BCUT2D eigenvalue weighted by molar-refractivity contribution is 6.27. The lowest BCUT2D eigenvalue weighted by atomic mass is 10.1. The minimum Gasteiger partial charge on any atom is -0.493 e. The quantitative estimate of drug-likeness (QED) is 0.711. The van der Waals surface area contributed by atoms with Gasteiger partial charge in [-0.1, -0.05) is 24.3 Å². The summed E-state index contributed by atoms with van der Waals surface area (Å²) in [5, 5.41) is 14.8. The van der Waals surface area contributed by atoms with E-state index >= 15 is 0 Å². The first-order chi connectivity index (χ1) is 14.4. The third kappa shape index (κ3) is 6.08. The van der Waals surface area contributed by atoms with Gasteiger partial charge >= 0.3 is 11.9 Å². The predicted octanol–water partition coefficient (Wildman–Crippen LogP) is 2.32. The van der Waals surface area contributed by atoms with Gasteiger partial charge in [-0.25, -0.2) is 14.0 Å². The third-order valence-corrected chi connectivity index (χ3v) is 4.63. The highest BCUT2D eigenvalue weighted by Crippen LogP contribution is 2.31. The molecule has 8 nitrogen and oxygen atoms in total. The van der Waals surface area contributed by atoms with Crippen LogP contribution in [0.15, 0.2) is 42.5 Å². The van der Waals surface area contributed by atoms with E-state index in [2.05, 4.69) is 15.9 Å². The fourth-order valence-electron chi connectivity index (χ4n) is 3.17. The molecule has 0 amide bonds. The summed E-state index contributed by atoms with van der Waals surface area (Å²) < 4.78 is 24.8. The molecule has 30 heavy (non-hydrogen) atoms. The number of hydrogen-bond donors (Lipinski definition) is 2. The van der Waals surface area contributed by atoms with Gasteiger partial charge in [-0.3, -0.25) is 4.90 Å². The molecule has 2 aromatic carbocycles. The van der Waals surface area contributed by atoms with E-state index < -0.39 is 11.9 Å². The van der Waals surface area contributed by atoms with Crippen LogP contribution in [0.3, 0.4) is 0 Å². The molecule has 0 saturated carbocycles. The first-order valence-electron chi connectivity index (χ1n) is 9.25. The summed E-state index contributed by atoms with van der Waals surface area (Å²) in [6.45, 7) is 4.19. The van der Waals surface area contributed by atoms with Crippen molar-refractivity contribution in [2.24, 2.45) is 0 Å². The third-order valence-electron chi connectivity index (χ3n) is 4.63. The number of carboxylic acid groups (broad SMARTS) is 2. The summed E-state index contributed by atoms with van der Waals surface area (Å²) >= 11 is 0. The Hall–Kier alpha value is -3.33. The van der Waals surface area contributed by atoms with Crippen molar-refractivity contribution in [3.8, 4) is 11.5 Å². The molecule has 1 heterocycles. The molecule has 2 aromatic rings. The summed E-state index contributed by atoms with van der Waals surface area (Å²) in [4.78, 5) is 22.7. The van der Waals surface area contributed by atoms with Gasteiger partial charge in [0.2, 0.25) is 0 Å². The van der Waals surface area contributed by atoms with Crippen molar-refractivity contribution < 1.29 is 33.7 Å². The van der Waals surface area contributed by atoms with Gasteiger partial charge in [0.1, 0.15) is 5.82 Å². The average Bonchev–Trinajstić information content (AvgIpc) is 2.75. The van der Waals surface area contributed by atoms with Crippen LogP contribution in [0.25, 0.3) is 0 Å². The molecule has 0 aliphatic carbocycles. The Labute approximate surface area is 174 Å². The number of piperazine rings is 1. The molecule has 0 spiro atoms. The van der Waals surface area contributed by atoms with E-state index in [-0.39, 0.29) is 5.82 Å². The zero-order chi connectivity index (χ0) is 22.1. The van der Waals surface area contributed by atoms with Crippen molar-refractivity contribution in [2.75, 3.05) is 45.3 Å². The van der Waals surface area contributed by atoms with Crippen molar-refractivity contribution in [1.29, 1.82) is 0 Å². The van der Waals surface area contributed by atoms with Crippen LogP contribution >= 0.6 is 0 Å². The second-order valence-electron chi connectivity index (χ2n) is 6.48. The number of carbonyl (C=O) groups is 2. The smallest absolute Gasteiger partial charge is 0.414 e. The van der Waals surface area contributed by atoms with Gasteiger partial charge in [0.05, 0.1) is 19.9 Å². The first-order valence-corrected chi connectivity index (χ1v) is 9.25. The normalized spacial score (nSPS) is 13.8. The van der Waals surface area contributed by atoms with E-state index in [0.717, 1.165) is 49.8 Å². The second kappa shape index (κ2) is 11.0. The minimum atomic E-state index is -1.82. The molecule has 3 rings (SSSR count). The molecule has 0 bridgehead atoms. The van der Waals surface area contributed by atoms with Crippen molar-refractivity contribution >= 4 is 17.6 Å². The number of hydrogen-bond acceptors (Lipinski definition) is 6. The number of aliphatic carboxylic acids is 2. The molecule has 0 radical (unpaired) electrons. The highest BCUT2D eigenvalue weighted by atomic mass is 19.1. The van der Waals surface area contributed by atoms with Gasteiger partial charge in [-0.2, -0.15) is 0 Å². The van der Waals surface area contributed by atoms with Crippen LogP contribution in [-0.4, -0.2) is 67.5 Å². The maximum Gasteiger partial charge on any atom is 0.414 e. The monoisotopic (exact) mass is 420 g/mol. The van der Waals surface area contributed by atoms with Gasteiger partial charge in [-0.05, 0) is 18.2 Å². The number of benzene rings is 2. The Bertz CT molecular complexity index is 856. The fourth-order valence-corrected chi connectivity index (χ4v) is 3.17. The van der Waals surface area contributed by atoms with E-state index in [9.17, 15) is 4.39 Å². The van der Waals surface area contributed by atoms with Crippen LogP contribution < -0.4 is 14.4 Å². The Morgan fingerprint density at radius 2 is 1.57 bits per heavy atom. The van der Waals surface area contributed by atoms with Gasteiger partial charge in [0.25, 0.3) is 0 Å². The largest absolute Gasteiger partial charge is 0.493 e. The summed E-state index contributed by atoms with van der Waals surface area (Å²) in [6.07, 6.45) is 0. The van der Waals surface area contributed by atoms with E-state index in [0.29, 0.717) is 5.69 Å². The molecule has 0 aromatic heterocycles. The van der Waals surface area contributed by atoms with Crippen molar-refractivity contribution in [2.45, 2.75) is 6.54 Å². The average molecular weight is 420 g/mol. The second-order valence-corrected chi connectivity index (χ2v) is 6.48. The lowest BCUT2D eigenvalue weighted by Crippen LogP contribution is -2.46. The number of anilines is 1. The Balaban J connectivity index is 0.000000469. The lowest BCUT2D eigenvalue weighted by molar-refractivity contribution is -0.159. The van der Waals surface area contributed by atoms with E-state index in [1.807, 2.05) is 24.3 Å². The molecule has 9 heteroatoms. The fraction of sp³-hybridized carbons (Fsp3) is 0.333. The Morgan fingerprint density at radius 3 is 2.10 bits per heavy atom. The molecular formula is C21H25FN2O6. The predicted molar refractivity (Wildman–Crippen MR) is 109 cm³/mol.